The van der Waals surface area contributed by atoms with Gasteiger partial charge in [0.15, 0.2) is 0 Å². The van der Waals surface area contributed by atoms with E-state index in [1.54, 1.807) is 11.6 Å². The van der Waals surface area contributed by atoms with Gasteiger partial charge in [-0.05, 0) is 33.6 Å². The van der Waals surface area contributed by atoms with Crippen LogP contribution in [-0.4, -0.2) is 46.0 Å². The Morgan fingerprint density at radius 2 is 2.23 bits per heavy atom. The van der Waals surface area contributed by atoms with Crippen LogP contribution in [0.15, 0.2) is 6.20 Å². The van der Waals surface area contributed by atoms with Crippen LogP contribution in [-0.2, 0) is 9.53 Å². The molecule has 0 aromatic carbocycles. The molecule has 0 radical (unpaired) electrons. The molecule has 1 aromatic rings. The van der Waals surface area contributed by atoms with Gasteiger partial charge in [-0.25, -0.2) is 4.79 Å². The van der Waals surface area contributed by atoms with Crippen molar-refractivity contribution in [3.63, 3.8) is 0 Å². The van der Waals surface area contributed by atoms with E-state index in [1.165, 1.54) is 6.20 Å². The summed E-state index contributed by atoms with van der Waals surface area (Å²) in [5, 5.41) is 16.2. The number of aromatic nitrogens is 2. The highest BCUT2D eigenvalue weighted by Gasteiger charge is 2.32. The van der Waals surface area contributed by atoms with E-state index >= 15 is 0 Å². The molecule has 7 heteroatoms. The second-order valence-electron chi connectivity index (χ2n) is 5.95. The van der Waals surface area contributed by atoms with E-state index in [2.05, 4.69) is 10.4 Å². The number of carbonyl (C=O) groups excluding carboxylic acids is 1. The number of ether oxygens (including phenoxy) is 1. The summed E-state index contributed by atoms with van der Waals surface area (Å²) in [7, 11) is 0. The van der Waals surface area contributed by atoms with Crippen molar-refractivity contribution < 1.29 is 19.4 Å². The number of hydrogen-bond donors (Lipinski definition) is 2. The molecule has 1 aromatic heterocycles. The summed E-state index contributed by atoms with van der Waals surface area (Å²) in [4.78, 5) is 23.9. The van der Waals surface area contributed by atoms with E-state index < -0.39 is 17.9 Å². The predicted octanol–water partition coefficient (Wildman–Crippen LogP) is 1.38. The summed E-state index contributed by atoms with van der Waals surface area (Å²) < 4.78 is 7.07. The van der Waals surface area contributed by atoms with Gasteiger partial charge in [0.25, 0.3) is 5.91 Å². The number of amides is 1. The van der Waals surface area contributed by atoms with Crippen LogP contribution in [0.1, 0.15) is 48.8 Å². The van der Waals surface area contributed by atoms with E-state index in [9.17, 15) is 14.7 Å². The second-order valence-corrected chi connectivity index (χ2v) is 5.95. The van der Waals surface area contributed by atoms with Gasteiger partial charge in [0.2, 0.25) is 0 Å². The second kappa shape index (κ2) is 6.91. The maximum atomic E-state index is 12.4. The monoisotopic (exact) mass is 309 g/mol. The van der Waals surface area contributed by atoms with Gasteiger partial charge < -0.3 is 15.2 Å². The zero-order chi connectivity index (χ0) is 16.3. The SMILES string of the molecule is Cc1c(C(=O)NC(C(=O)O)C2CCCOC2)cnn1C(C)C. The molecule has 1 aliphatic heterocycles. The zero-order valence-electron chi connectivity index (χ0n) is 13.2. The van der Waals surface area contributed by atoms with Crippen LogP contribution >= 0.6 is 0 Å². The quantitative estimate of drug-likeness (QED) is 0.857. The third-order valence-corrected chi connectivity index (χ3v) is 4.00. The first-order valence-electron chi connectivity index (χ1n) is 7.57. The minimum absolute atomic E-state index is 0.142. The lowest BCUT2D eigenvalue weighted by molar-refractivity contribution is -0.142. The molecular formula is C15H23N3O4. The molecule has 0 bridgehead atoms. The van der Waals surface area contributed by atoms with Crippen molar-refractivity contribution in [1.29, 1.82) is 0 Å². The van der Waals surface area contributed by atoms with Crippen molar-refractivity contribution in [3.8, 4) is 0 Å². The van der Waals surface area contributed by atoms with E-state index in [1.807, 2.05) is 13.8 Å². The number of carboxylic acid groups (broad SMARTS) is 1. The lowest BCUT2D eigenvalue weighted by atomic mass is 9.93. The number of hydrogen-bond acceptors (Lipinski definition) is 4. The maximum Gasteiger partial charge on any atom is 0.326 e. The summed E-state index contributed by atoms with van der Waals surface area (Å²) >= 11 is 0. The van der Waals surface area contributed by atoms with Crippen LogP contribution in [0.3, 0.4) is 0 Å². The van der Waals surface area contributed by atoms with Crippen LogP contribution in [0, 0.1) is 12.8 Å². The summed E-state index contributed by atoms with van der Waals surface area (Å²) in [5.41, 5.74) is 1.15. The Labute approximate surface area is 129 Å². The summed E-state index contributed by atoms with van der Waals surface area (Å²) in [6.45, 7) is 6.77. The standard InChI is InChI=1S/C15H23N3O4/c1-9(2)18-10(3)12(7-16-18)14(19)17-13(15(20)21)11-5-4-6-22-8-11/h7,9,11,13H,4-6,8H2,1-3H3,(H,17,19)(H,20,21). The first-order chi connectivity index (χ1) is 10.4. The number of nitrogens with zero attached hydrogens (tertiary/aromatic N) is 2. The van der Waals surface area contributed by atoms with Crippen molar-refractivity contribution in [2.75, 3.05) is 13.2 Å². The molecule has 1 aliphatic rings. The van der Waals surface area contributed by atoms with Crippen LogP contribution in [0.5, 0.6) is 0 Å². The Balaban J connectivity index is 2.12. The third kappa shape index (κ3) is 3.47. The normalized spacial score (nSPS) is 19.9. The first kappa shape index (κ1) is 16.5. The fraction of sp³-hybridized carbons (Fsp3) is 0.667. The smallest absolute Gasteiger partial charge is 0.326 e. The van der Waals surface area contributed by atoms with Crippen molar-refractivity contribution in [1.82, 2.24) is 15.1 Å². The van der Waals surface area contributed by atoms with Crippen molar-refractivity contribution in [3.05, 3.63) is 17.5 Å². The predicted molar refractivity (Wildman–Crippen MR) is 79.8 cm³/mol. The average Bonchev–Trinajstić information content (AvgIpc) is 2.87. The molecule has 22 heavy (non-hydrogen) atoms. The molecule has 1 saturated heterocycles. The number of carbonyl (C=O) groups is 2. The Morgan fingerprint density at radius 3 is 2.73 bits per heavy atom. The highest BCUT2D eigenvalue weighted by atomic mass is 16.5. The van der Waals surface area contributed by atoms with E-state index in [0.29, 0.717) is 18.8 Å². The van der Waals surface area contributed by atoms with Gasteiger partial charge in [-0.3, -0.25) is 9.48 Å². The lowest BCUT2D eigenvalue weighted by Crippen LogP contribution is -2.48. The van der Waals surface area contributed by atoms with Gasteiger partial charge in [0.05, 0.1) is 18.4 Å². The van der Waals surface area contributed by atoms with Gasteiger partial charge in [-0.2, -0.15) is 5.10 Å². The molecule has 7 nitrogen and oxygen atoms in total. The van der Waals surface area contributed by atoms with Crippen molar-refractivity contribution >= 4 is 11.9 Å². The molecule has 1 fully saturated rings. The Bertz CT molecular complexity index is 547. The molecule has 2 rings (SSSR count). The molecule has 2 atom stereocenters. The zero-order valence-corrected chi connectivity index (χ0v) is 13.2. The Morgan fingerprint density at radius 1 is 1.50 bits per heavy atom. The van der Waals surface area contributed by atoms with E-state index in [4.69, 9.17) is 4.74 Å². The fourth-order valence-corrected chi connectivity index (χ4v) is 2.80. The third-order valence-electron chi connectivity index (χ3n) is 4.00. The first-order valence-corrected chi connectivity index (χ1v) is 7.57. The van der Waals surface area contributed by atoms with Crippen LogP contribution in [0.25, 0.3) is 0 Å². The Kier molecular flexibility index (Phi) is 5.18. The largest absolute Gasteiger partial charge is 0.480 e. The highest BCUT2D eigenvalue weighted by Crippen LogP contribution is 2.19. The summed E-state index contributed by atoms with van der Waals surface area (Å²) in [6, 6.07) is -0.793. The Hall–Kier alpha value is -1.89. The summed E-state index contributed by atoms with van der Waals surface area (Å²) in [5.74, 6) is -1.63. The van der Waals surface area contributed by atoms with Crippen molar-refractivity contribution in [2.45, 2.75) is 45.7 Å². The number of nitrogens with one attached hydrogen (secondary N) is 1. The maximum absolute atomic E-state index is 12.4. The fourth-order valence-electron chi connectivity index (χ4n) is 2.80. The number of rotatable bonds is 5. The minimum atomic E-state index is -1.03. The highest BCUT2D eigenvalue weighted by molar-refractivity contribution is 5.97. The van der Waals surface area contributed by atoms with Gasteiger partial charge in [-0.15, -0.1) is 0 Å². The van der Waals surface area contributed by atoms with Gasteiger partial charge in [-0.1, -0.05) is 0 Å². The van der Waals surface area contributed by atoms with E-state index in [0.717, 1.165) is 18.5 Å². The van der Waals surface area contributed by atoms with Crippen LogP contribution < -0.4 is 5.32 Å². The van der Waals surface area contributed by atoms with E-state index in [-0.39, 0.29) is 12.0 Å². The molecule has 2 unspecified atom stereocenters. The molecule has 122 valence electrons. The molecule has 0 saturated carbocycles. The number of aliphatic carboxylic acids is 1. The molecule has 0 aliphatic carbocycles. The van der Waals surface area contributed by atoms with Crippen LogP contribution in [0.4, 0.5) is 0 Å². The minimum Gasteiger partial charge on any atom is -0.480 e. The van der Waals surface area contributed by atoms with Crippen molar-refractivity contribution in [2.24, 2.45) is 5.92 Å². The molecule has 2 heterocycles. The molecular weight excluding hydrogens is 286 g/mol. The molecule has 1 amide bonds. The van der Waals surface area contributed by atoms with Gasteiger partial charge >= 0.3 is 5.97 Å². The average molecular weight is 309 g/mol. The van der Waals surface area contributed by atoms with Gasteiger partial charge in [0.1, 0.15) is 6.04 Å². The van der Waals surface area contributed by atoms with Gasteiger partial charge in [0, 0.05) is 24.3 Å². The number of carboxylic acids is 1. The molecule has 2 N–H and O–H groups in total. The topological polar surface area (TPSA) is 93.5 Å². The summed E-state index contributed by atoms with van der Waals surface area (Å²) in [6.07, 6.45) is 3.04. The van der Waals surface area contributed by atoms with Crippen LogP contribution in [0.2, 0.25) is 0 Å². The molecule has 0 spiro atoms. The lowest BCUT2D eigenvalue weighted by Gasteiger charge is -2.28.